The van der Waals surface area contributed by atoms with Gasteiger partial charge in [0.25, 0.3) is 0 Å². The number of hydrogen-bond donors (Lipinski definition) is 1. The fourth-order valence-corrected chi connectivity index (χ4v) is 2.34. The van der Waals surface area contributed by atoms with Crippen LogP contribution in [-0.4, -0.2) is 65.8 Å². The Morgan fingerprint density at radius 1 is 1.30 bits per heavy atom. The van der Waals surface area contributed by atoms with Crippen LogP contribution in [0.2, 0.25) is 0 Å². The van der Waals surface area contributed by atoms with Crippen molar-refractivity contribution in [2.24, 2.45) is 0 Å². The lowest BCUT2D eigenvalue weighted by atomic mass is 10.1. The number of ether oxygens (including phenoxy) is 1. The number of aliphatic carboxylic acids is 1. The molecule has 0 aromatic rings. The van der Waals surface area contributed by atoms with Gasteiger partial charge in [-0.15, -0.1) is 0 Å². The molecule has 0 atom stereocenters. The maximum Gasteiger partial charge on any atom is 0.329 e. The maximum atomic E-state index is 12.3. The molecule has 0 aromatic carbocycles. The Bertz CT molecular complexity index is 314. The number of likely N-dealkylation sites (tertiary alicyclic amines) is 1. The largest absolute Gasteiger partial charge is 0.480 e. The van der Waals surface area contributed by atoms with Crippen LogP contribution in [0.15, 0.2) is 0 Å². The lowest BCUT2D eigenvalue weighted by Crippen LogP contribution is -2.48. The number of carbonyl (C=O) groups is 2. The Morgan fingerprint density at radius 2 is 1.95 bits per heavy atom. The third-order valence-corrected chi connectivity index (χ3v) is 3.59. The smallest absolute Gasteiger partial charge is 0.329 e. The summed E-state index contributed by atoms with van der Waals surface area (Å²) in [7, 11) is 0. The van der Waals surface area contributed by atoms with Crippen LogP contribution in [-0.2, 0) is 9.53 Å². The lowest BCUT2D eigenvalue weighted by molar-refractivity contribution is -0.145. The number of unbranched alkanes of at least 4 members (excludes halogenated alkanes) is 1. The van der Waals surface area contributed by atoms with Crippen molar-refractivity contribution in [1.82, 2.24) is 9.80 Å². The Morgan fingerprint density at radius 3 is 2.45 bits per heavy atom. The summed E-state index contributed by atoms with van der Waals surface area (Å²) in [6.45, 7) is 6.68. The molecule has 1 fully saturated rings. The number of nitrogens with zero attached hydrogens (tertiary/aromatic N) is 2. The first-order valence-electron chi connectivity index (χ1n) is 7.45. The number of carbonyl (C=O) groups excluding carboxylic acids is 1. The molecule has 0 saturated carbocycles. The molecule has 0 bridgehead atoms. The summed E-state index contributed by atoms with van der Waals surface area (Å²) in [4.78, 5) is 26.5. The van der Waals surface area contributed by atoms with Gasteiger partial charge in [-0.2, -0.15) is 0 Å². The molecule has 1 aliphatic rings. The number of hydrogen-bond acceptors (Lipinski definition) is 3. The second-order valence-electron chi connectivity index (χ2n) is 5.11. The van der Waals surface area contributed by atoms with Crippen LogP contribution < -0.4 is 0 Å². The van der Waals surface area contributed by atoms with E-state index in [1.807, 2.05) is 16.7 Å². The van der Waals surface area contributed by atoms with Crippen molar-refractivity contribution in [3.05, 3.63) is 0 Å². The lowest BCUT2D eigenvalue weighted by Gasteiger charge is -2.35. The SMILES string of the molecule is CCCCN(CC)C(=O)N1CCC(OCC(=O)O)CC1. The van der Waals surface area contributed by atoms with E-state index >= 15 is 0 Å². The minimum absolute atomic E-state index is 0.0409. The van der Waals surface area contributed by atoms with Gasteiger partial charge in [-0.25, -0.2) is 9.59 Å². The number of urea groups is 1. The van der Waals surface area contributed by atoms with E-state index in [4.69, 9.17) is 9.84 Å². The molecule has 1 N–H and O–H groups in total. The monoisotopic (exact) mass is 286 g/mol. The molecule has 0 aliphatic carbocycles. The van der Waals surface area contributed by atoms with Crippen LogP contribution in [0.3, 0.4) is 0 Å². The number of amides is 2. The van der Waals surface area contributed by atoms with Gasteiger partial charge in [0, 0.05) is 26.2 Å². The average Bonchev–Trinajstić information content (AvgIpc) is 2.46. The molecule has 1 heterocycles. The van der Waals surface area contributed by atoms with E-state index in [2.05, 4.69) is 6.92 Å². The van der Waals surface area contributed by atoms with E-state index in [-0.39, 0.29) is 18.7 Å². The first-order valence-corrected chi connectivity index (χ1v) is 7.45. The summed E-state index contributed by atoms with van der Waals surface area (Å²) < 4.78 is 5.27. The van der Waals surface area contributed by atoms with Crippen LogP contribution in [0.5, 0.6) is 0 Å². The van der Waals surface area contributed by atoms with Crippen molar-refractivity contribution < 1.29 is 19.4 Å². The van der Waals surface area contributed by atoms with Gasteiger partial charge in [-0.05, 0) is 26.2 Å². The Hall–Kier alpha value is -1.30. The van der Waals surface area contributed by atoms with Gasteiger partial charge in [0.1, 0.15) is 6.61 Å². The van der Waals surface area contributed by atoms with Crippen molar-refractivity contribution in [2.75, 3.05) is 32.8 Å². The number of carboxylic acids is 1. The Balaban J connectivity index is 2.35. The van der Waals surface area contributed by atoms with Crippen molar-refractivity contribution in [2.45, 2.75) is 45.6 Å². The Kier molecular flexibility index (Phi) is 7.36. The van der Waals surface area contributed by atoms with Crippen LogP contribution >= 0.6 is 0 Å². The van der Waals surface area contributed by atoms with E-state index in [1.54, 1.807) is 0 Å². The van der Waals surface area contributed by atoms with Gasteiger partial charge in [0.15, 0.2) is 0 Å². The molecule has 1 saturated heterocycles. The molecule has 20 heavy (non-hydrogen) atoms. The fraction of sp³-hybridized carbons (Fsp3) is 0.857. The van der Waals surface area contributed by atoms with Gasteiger partial charge in [0.2, 0.25) is 0 Å². The summed E-state index contributed by atoms with van der Waals surface area (Å²) in [6.07, 6.45) is 3.49. The third-order valence-electron chi connectivity index (χ3n) is 3.59. The highest BCUT2D eigenvalue weighted by atomic mass is 16.5. The van der Waals surface area contributed by atoms with E-state index in [0.717, 1.165) is 25.9 Å². The van der Waals surface area contributed by atoms with Crippen LogP contribution in [0.1, 0.15) is 39.5 Å². The van der Waals surface area contributed by atoms with Crippen molar-refractivity contribution in [1.29, 1.82) is 0 Å². The van der Waals surface area contributed by atoms with Crippen molar-refractivity contribution >= 4 is 12.0 Å². The third kappa shape index (κ3) is 5.36. The highest BCUT2D eigenvalue weighted by Crippen LogP contribution is 2.15. The van der Waals surface area contributed by atoms with E-state index < -0.39 is 5.97 Å². The van der Waals surface area contributed by atoms with Gasteiger partial charge in [0.05, 0.1) is 6.10 Å². The molecule has 6 heteroatoms. The number of carboxylic acid groups (broad SMARTS) is 1. The van der Waals surface area contributed by atoms with Crippen LogP contribution in [0.25, 0.3) is 0 Å². The summed E-state index contributed by atoms with van der Waals surface area (Å²) in [5.41, 5.74) is 0. The quantitative estimate of drug-likeness (QED) is 0.774. The highest BCUT2D eigenvalue weighted by molar-refractivity contribution is 5.74. The predicted molar refractivity (Wildman–Crippen MR) is 75.7 cm³/mol. The zero-order chi connectivity index (χ0) is 15.0. The average molecular weight is 286 g/mol. The normalized spacial score (nSPS) is 16.2. The van der Waals surface area contributed by atoms with E-state index in [1.165, 1.54) is 0 Å². The molecule has 0 spiro atoms. The molecule has 0 unspecified atom stereocenters. The summed E-state index contributed by atoms with van der Waals surface area (Å²) >= 11 is 0. The molecular weight excluding hydrogens is 260 g/mol. The number of piperidine rings is 1. The van der Waals surface area contributed by atoms with Crippen LogP contribution in [0, 0.1) is 0 Å². The minimum atomic E-state index is -0.944. The summed E-state index contributed by atoms with van der Waals surface area (Å²) in [5.74, 6) is -0.944. The maximum absolute atomic E-state index is 12.3. The van der Waals surface area contributed by atoms with Gasteiger partial charge in [-0.1, -0.05) is 13.3 Å². The minimum Gasteiger partial charge on any atom is -0.480 e. The summed E-state index contributed by atoms with van der Waals surface area (Å²) in [5, 5.41) is 8.58. The standard InChI is InChI=1S/C14H26N2O4/c1-3-5-8-15(4-2)14(19)16-9-6-12(7-10-16)20-11-13(17)18/h12H,3-11H2,1-2H3,(H,17,18). The van der Waals surface area contributed by atoms with Gasteiger partial charge >= 0.3 is 12.0 Å². The first-order chi connectivity index (χ1) is 9.58. The van der Waals surface area contributed by atoms with E-state index in [0.29, 0.717) is 25.9 Å². The van der Waals surface area contributed by atoms with E-state index in [9.17, 15) is 9.59 Å². The fourth-order valence-electron chi connectivity index (χ4n) is 2.34. The molecule has 6 nitrogen and oxygen atoms in total. The van der Waals surface area contributed by atoms with Gasteiger partial charge < -0.3 is 19.6 Å². The first kappa shape index (κ1) is 16.8. The number of rotatable bonds is 7. The molecule has 0 radical (unpaired) electrons. The molecular formula is C14H26N2O4. The highest BCUT2D eigenvalue weighted by Gasteiger charge is 2.26. The zero-order valence-corrected chi connectivity index (χ0v) is 12.5. The Labute approximate surface area is 120 Å². The molecule has 0 aromatic heterocycles. The van der Waals surface area contributed by atoms with Crippen molar-refractivity contribution in [3.8, 4) is 0 Å². The topological polar surface area (TPSA) is 70.1 Å². The second-order valence-corrected chi connectivity index (χ2v) is 5.11. The molecule has 116 valence electrons. The zero-order valence-electron chi connectivity index (χ0n) is 12.5. The van der Waals surface area contributed by atoms with Gasteiger partial charge in [-0.3, -0.25) is 0 Å². The summed E-state index contributed by atoms with van der Waals surface area (Å²) in [6, 6.07) is 0.0950. The predicted octanol–water partition coefficient (Wildman–Crippen LogP) is 1.79. The van der Waals surface area contributed by atoms with Crippen molar-refractivity contribution in [3.63, 3.8) is 0 Å². The molecule has 2 amide bonds. The molecule has 1 rings (SSSR count). The molecule has 1 aliphatic heterocycles. The van der Waals surface area contributed by atoms with Crippen LogP contribution in [0.4, 0.5) is 4.79 Å². The second kappa shape index (κ2) is 8.79.